The number of thiophene rings is 1. The van der Waals surface area contributed by atoms with Gasteiger partial charge in [0.25, 0.3) is 0 Å². The Morgan fingerprint density at radius 3 is 1.22 bits per heavy atom. The highest BCUT2D eigenvalue weighted by molar-refractivity contribution is 8.00. The van der Waals surface area contributed by atoms with Crippen molar-refractivity contribution >= 4 is 77.8 Å². The first-order valence-corrected chi connectivity index (χ1v) is 26.4. The van der Waals surface area contributed by atoms with E-state index >= 15 is 0 Å². The molecule has 4 aliphatic heterocycles. The molecule has 10 aromatic carbocycles. The summed E-state index contributed by atoms with van der Waals surface area (Å²) in [5.41, 5.74) is 20.7. The van der Waals surface area contributed by atoms with Crippen LogP contribution in [0.3, 0.4) is 0 Å². The number of nitrogens with zero attached hydrogens (tertiary/aromatic N) is 2. The van der Waals surface area contributed by atoms with Crippen LogP contribution in [-0.2, 0) is 0 Å². The van der Waals surface area contributed by atoms with Crippen molar-refractivity contribution in [1.82, 2.24) is 0 Å². The van der Waals surface area contributed by atoms with E-state index in [0.29, 0.717) is 5.25 Å². The van der Waals surface area contributed by atoms with E-state index in [1.54, 1.807) is 0 Å². The number of hydrogen-bond donors (Lipinski definition) is 0. The lowest BCUT2D eigenvalue weighted by Crippen LogP contribution is -2.19. The molecule has 5 heterocycles. The number of thioether (sulfide) groups is 2. The van der Waals surface area contributed by atoms with Gasteiger partial charge in [0.05, 0.1) is 22.6 Å². The van der Waals surface area contributed by atoms with Gasteiger partial charge in [0.15, 0.2) is 0 Å². The third-order valence-corrected chi connectivity index (χ3v) is 18.8. The van der Waals surface area contributed by atoms with E-state index in [9.17, 15) is 0 Å². The van der Waals surface area contributed by atoms with Gasteiger partial charge in [-0.25, -0.2) is 0 Å². The number of rotatable bonds is 6. The summed E-state index contributed by atoms with van der Waals surface area (Å²) in [5.74, 6) is 0. The van der Waals surface area contributed by atoms with Gasteiger partial charge in [0.2, 0.25) is 0 Å². The van der Waals surface area contributed by atoms with Crippen molar-refractivity contribution in [3.8, 4) is 44.5 Å². The molecule has 15 rings (SSSR count). The number of hydrogen-bond acceptors (Lipinski definition) is 5. The Bertz CT molecular complexity index is 3790. The van der Waals surface area contributed by atoms with Gasteiger partial charge in [0.1, 0.15) is 0 Å². The van der Waals surface area contributed by atoms with E-state index < -0.39 is 0 Å². The fourth-order valence-electron chi connectivity index (χ4n) is 11.7. The highest BCUT2D eigenvalue weighted by atomic mass is 32.2. The molecule has 0 saturated carbocycles. The quantitative estimate of drug-likeness (QED) is 0.164. The molecule has 0 N–H and O–H groups in total. The molecule has 69 heavy (non-hydrogen) atoms. The van der Waals surface area contributed by atoms with Crippen molar-refractivity contribution in [2.24, 2.45) is 0 Å². The number of anilines is 4. The maximum Gasteiger partial charge on any atom is 0.0766 e. The summed E-state index contributed by atoms with van der Waals surface area (Å²) in [5, 5.41) is 3.25. The lowest BCUT2D eigenvalue weighted by molar-refractivity contribution is 0.737. The normalized spacial score (nSPS) is 18.3. The second kappa shape index (κ2) is 15.6. The van der Waals surface area contributed by atoms with Crippen molar-refractivity contribution < 1.29 is 0 Å². The second-order valence-corrected chi connectivity index (χ2v) is 22.1. The first-order valence-electron chi connectivity index (χ1n) is 23.8. The van der Waals surface area contributed by atoms with Crippen LogP contribution in [0, 0.1) is 0 Å². The third-order valence-electron chi connectivity index (χ3n) is 14.9. The Morgan fingerprint density at radius 1 is 0.290 bits per heavy atom. The molecular formula is C64H42N2S3. The first kappa shape index (κ1) is 39.7. The highest BCUT2D eigenvalue weighted by Gasteiger charge is 2.47. The Kier molecular flexibility index (Phi) is 8.99. The molecule has 326 valence electrons. The molecule has 0 bridgehead atoms. The minimum atomic E-state index is 0.182. The molecule has 5 heteroatoms. The molecule has 4 unspecified atom stereocenters. The Morgan fingerprint density at radius 2 is 0.710 bits per heavy atom. The summed E-state index contributed by atoms with van der Waals surface area (Å²) in [6.45, 7) is 0. The van der Waals surface area contributed by atoms with Crippen LogP contribution in [0.2, 0.25) is 0 Å². The van der Waals surface area contributed by atoms with Crippen LogP contribution in [0.4, 0.5) is 22.7 Å². The zero-order valence-electron chi connectivity index (χ0n) is 37.4. The number of benzene rings is 10. The van der Waals surface area contributed by atoms with E-state index in [1.165, 1.54) is 119 Å². The average Bonchev–Trinajstić information content (AvgIpc) is 4.23. The lowest BCUT2D eigenvalue weighted by Gasteiger charge is -2.29. The molecule has 11 aromatic rings. The Balaban J connectivity index is 0.820. The van der Waals surface area contributed by atoms with Gasteiger partial charge >= 0.3 is 0 Å². The van der Waals surface area contributed by atoms with Gasteiger partial charge < -0.3 is 9.80 Å². The van der Waals surface area contributed by atoms with E-state index in [1.807, 2.05) is 34.9 Å². The van der Waals surface area contributed by atoms with Gasteiger partial charge in [-0.15, -0.1) is 34.9 Å². The second-order valence-electron chi connectivity index (χ2n) is 18.7. The summed E-state index contributed by atoms with van der Waals surface area (Å²) in [6, 6.07) is 87.0. The predicted octanol–water partition coefficient (Wildman–Crippen LogP) is 18.8. The van der Waals surface area contributed by atoms with Gasteiger partial charge in [0, 0.05) is 52.7 Å². The van der Waals surface area contributed by atoms with E-state index in [-0.39, 0.29) is 17.3 Å². The maximum atomic E-state index is 2.64. The molecule has 0 fully saturated rings. The topological polar surface area (TPSA) is 6.48 Å². The molecule has 0 aliphatic carbocycles. The lowest BCUT2D eigenvalue weighted by atomic mass is 9.96. The molecule has 0 spiro atoms. The minimum absolute atomic E-state index is 0.182. The van der Waals surface area contributed by atoms with Crippen LogP contribution in [0.15, 0.2) is 240 Å². The molecule has 4 aliphatic rings. The standard InChI is InChI=1S/C64H42N2S3/c1-4-14-39(15-5-1)45-32-46(40-16-6-2-7-17-40)34-48(33-45)66-56-29-25-42(38-54(56)64-62(66)50-21-11-13-23-58(50)69-64)44-27-31-60-52(36-44)51-35-43(26-30-59(51)67-60)41-24-28-55-53(37-41)63-61(49-20-10-12-22-57(49)68-63)65(55)47-18-8-3-9-19-47/h1-38,61-64H. The summed E-state index contributed by atoms with van der Waals surface area (Å²) >= 11 is 5.94. The van der Waals surface area contributed by atoms with Crippen molar-refractivity contribution in [2.75, 3.05) is 9.80 Å². The first-order chi connectivity index (χ1) is 34.2. The van der Waals surface area contributed by atoms with Gasteiger partial charge in [-0.1, -0.05) is 140 Å². The van der Waals surface area contributed by atoms with Crippen LogP contribution in [0.25, 0.3) is 64.7 Å². The summed E-state index contributed by atoms with van der Waals surface area (Å²) in [7, 11) is 0. The highest BCUT2D eigenvalue weighted by Crippen LogP contribution is 2.66. The van der Waals surface area contributed by atoms with Crippen molar-refractivity contribution in [3.63, 3.8) is 0 Å². The van der Waals surface area contributed by atoms with Crippen LogP contribution in [-0.4, -0.2) is 0 Å². The van der Waals surface area contributed by atoms with Gasteiger partial charge in [-0.3, -0.25) is 0 Å². The largest absolute Gasteiger partial charge is 0.332 e. The van der Waals surface area contributed by atoms with Crippen LogP contribution in [0.5, 0.6) is 0 Å². The molecule has 1 aromatic heterocycles. The van der Waals surface area contributed by atoms with Crippen molar-refractivity contribution in [2.45, 2.75) is 32.4 Å². The van der Waals surface area contributed by atoms with Crippen LogP contribution >= 0.6 is 34.9 Å². The van der Waals surface area contributed by atoms with Crippen LogP contribution < -0.4 is 9.80 Å². The zero-order chi connectivity index (χ0) is 45.2. The summed E-state index contributed by atoms with van der Waals surface area (Å²) in [4.78, 5) is 7.99. The van der Waals surface area contributed by atoms with Crippen LogP contribution in [0.1, 0.15) is 44.8 Å². The SMILES string of the molecule is c1ccc(-c2cc(-c3ccccc3)cc(N3c4ccc(-c5ccc6sc7ccc(-c8ccc9c(c8)C8Sc%10ccccc%10C8N9c8ccccc8)cc7c6c5)cc4C4Sc5ccccc5C43)c2)cc1. The van der Waals surface area contributed by atoms with E-state index in [4.69, 9.17) is 0 Å². The summed E-state index contributed by atoms with van der Waals surface area (Å²) in [6.07, 6.45) is 0. The predicted molar refractivity (Wildman–Crippen MR) is 294 cm³/mol. The van der Waals surface area contributed by atoms with Crippen molar-refractivity contribution in [3.05, 3.63) is 253 Å². The third kappa shape index (κ3) is 6.27. The monoisotopic (exact) mass is 934 g/mol. The molecule has 4 atom stereocenters. The Hall–Kier alpha value is -7.28. The van der Waals surface area contributed by atoms with Gasteiger partial charge in [-0.2, -0.15) is 0 Å². The molecular weight excluding hydrogens is 893 g/mol. The fraction of sp³-hybridized carbons (Fsp3) is 0.0625. The molecule has 0 amide bonds. The number of fused-ring (bicyclic) bond motifs is 13. The zero-order valence-corrected chi connectivity index (χ0v) is 39.8. The van der Waals surface area contributed by atoms with Gasteiger partial charge in [-0.05, 0) is 158 Å². The van der Waals surface area contributed by atoms with E-state index in [0.717, 1.165) is 0 Å². The fourth-order valence-corrected chi connectivity index (χ4v) is 15.7. The van der Waals surface area contributed by atoms with Crippen molar-refractivity contribution in [1.29, 1.82) is 0 Å². The molecule has 2 nitrogen and oxygen atoms in total. The molecule has 0 saturated heterocycles. The average molecular weight is 935 g/mol. The minimum Gasteiger partial charge on any atom is -0.332 e. The summed E-state index contributed by atoms with van der Waals surface area (Å²) < 4.78 is 2.65. The smallest absolute Gasteiger partial charge is 0.0766 e. The molecule has 0 radical (unpaired) electrons. The number of para-hydroxylation sites is 1. The maximum absolute atomic E-state index is 2.64. The Labute approximate surface area is 414 Å². The van der Waals surface area contributed by atoms with E-state index in [2.05, 4.69) is 240 Å².